The highest BCUT2D eigenvalue weighted by Crippen LogP contribution is 2.38. The summed E-state index contributed by atoms with van der Waals surface area (Å²) in [5, 5.41) is 1.90. The Morgan fingerprint density at radius 3 is 2.15 bits per heavy atom. The Kier molecular flexibility index (Phi) is 14.6. The molecule has 0 aliphatic rings. The Balaban J connectivity index is 1.46. The monoisotopic (exact) mass is 472 g/mol. The van der Waals surface area contributed by atoms with Crippen LogP contribution in [-0.2, 0) is 9.32 Å². The summed E-state index contributed by atoms with van der Waals surface area (Å²) in [6.45, 7) is 2.26. The molecule has 0 saturated heterocycles. The molecule has 0 heterocycles. The maximum absolute atomic E-state index is 12.0. The lowest BCUT2D eigenvalue weighted by atomic mass is 10.1. The molecule has 0 aliphatic carbocycles. The first-order chi connectivity index (χ1) is 16.2. The van der Waals surface area contributed by atoms with Gasteiger partial charge >= 0.3 is 14.6 Å². The van der Waals surface area contributed by atoms with Crippen LogP contribution >= 0.6 is 8.60 Å². The fourth-order valence-corrected chi connectivity index (χ4v) is 4.48. The number of rotatable bonds is 18. The fraction of sp³-hybridized carbons (Fsp3) is 0.536. The minimum atomic E-state index is -2.27. The van der Waals surface area contributed by atoms with Crippen molar-refractivity contribution in [3.63, 3.8) is 0 Å². The van der Waals surface area contributed by atoms with Crippen LogP contribution < -0.4 is 4.52 Å². The molecule has 0 aromatic heterocycles. The molecule has 0 radical (unpaired) electrons. The van der Waals surface area contributed by atoms with Crippen molar-refractivity contribution >= 4 is 25.3 Å². The van der Waals surface area contributed by atoms with Crippen molar-refractivity contribution in [3.8, 4) is 5.75 Å². The molecule has 0 bridgehead atoms. The molecule has 0 spiro atoms. The Hall–Kier alpha value is -1.90. The van der Waals surface area contributed by atoms with E-state index in [-0.39, 0.29) is 0 Å². The van der Waals surface area contributed by atoms with Crippen LogP contribution in [0.4, 0.5) is 0 Å². The second-order valence-corrected chi connectivity index (χ2v) is 9.44. The van der Waals surface area contributed by atoms with E-state index in [1.807, 2.05) is 36.4 Å². The van der Waals surface area contributed by atoms with Crippen LogP contribution in [0.5, 0.6) is 5.75 Å². The van der Waals surface area contributed by atoms with E-state index in [2.05, 4.69) is 19.1 Å². The molecule has 182 valence electrons. The molecule has 0 amide bonds. The zero-order valence-electron chi connectivity index (χ0n) is 20.2. The highest BCUT2D eigenvalue weighted by atomic mass is 31.2. The second kappa shape index (κ2) is 17.6. The summed E-state index contributed by atoms with van der Waals surface area (Å²) >= 11 is 0. The molecule has 4 nitrogen and oxygen atoms in total. The van der Waals surface area contributed by atoms with Crippen LogP contribution in [0.3, 0.4) is 0 Å². The van der Waals surface area contributed by atoms with Gasteiger partial charge in [0.05, 0.1) is 0 Å². The Bertz CT molecular complexity index is 815. The first kappa shape index (κ1) is 27.3. The van der Waals surface area contributed by atoms with Crippen molar-refractivity contribution in [2.75, 3.05) is 0 Å². The molecule has 0 aliphatic heterocycles. The number of unbranched alkanes of at least 4 members (excludes halogenated alkanes) is 11. The summed E-state index contributed by atoms with van der Waals surface area (Å²) in [6, 6.07) is 13.3. The quantitative estimate of drug-likeness (QED) is 0.134. The van der Waals surface area contributed by atoms with E-state index in [0.29, 0.717) is 12.2 Å². The van der Waals surface area contributed by atoms with Crippen molar-refractivity contribution in [2.24, 2.45) is 0 Å². The first-order valence-corrected chi connectivity index (χ1v) is 13.8. The lowest BCUT2D eigenvalue weighted by Gasteiger charge is -2.13. The predicted octanol–water partition coefficient (Wildman–Crippen LogP) is 9.02. The maximum Gasteiger partial charge on any atom is 0.462 e. The van der Waals surface area contributed by atoms with Gasteiger partial charge in [0.1, 0.15) is 5.75 Å². The Labute approximate surface area is 201 Å². The lowest BCUT2D eigenvalue weighted by molar-refractivity contribution is -0.134. The summed E-state index contributed by atoms with van der Waals surface area (Å²) in [5.41, 5.74) is 0. The molecular formula is C28H41O4P. The van der Waals surface area contributed by atoms with E-state index < -0.39 is 14.6 Å². The molecule has 2 rings (SSSR count). The topological polar surface area (TPSA) is 55.8 Å². The van der Waals surface area contributed by atoms with Gasteiger partial charge in [-0.3, -0.25) is 4.79 Å². The molecule has 33 heavy (non-hydrogen) atoms. The Morgan fingerprint density at radius 2 is 1.42 bits per heavy atom. The highest BCUT2D eigenvalue weighted by Gasteiger charge is 2.16. The molecule has 5 heteroatoms. The largest absolute Gasteiger partial charge is 0.462 e. The average molecular weight is 473 g/mol. The van der Waals surface area contributed by atoms with E-state index in [9.17, 15) is 9.69 Å². The number of benzene rings is 2. The van der Waals surface area contributed by atoms with Crippen LogP contribution in [0.25, 0.3) is 10.8 Å². The third-order valence-electron chi connectivity index (χ3n) is 5.75. The van der Waals surface area contributed by atoms with Crippen molar-refractivity contribution in [2.45, 2.75) is 96.8 Å². The molecule has 1 N–H and O–H groups in total. The molecule has 2 aromatic carbocycles. The highest BCUT2D eigenvalue weighted by molar-refractivity contribution is 7.41. The van der Waals surface area contributed by atoms with E-state index >= 15 is 0 Å². The van der Waals surface area contributed by atoms with Gasteiger partial charge in [0.2, 0.25) is 0 Å². The molecule has 1 unspecified atom stereocenters. The van der Waals surface area contributed by atoms with Crippen LogP contribution in [0.2, 0.25) is 0 Å². The Morgan fingerprint density at radius 1 is 0.818 bits per heavy atom. The molecule has 1 atom stereocenters. The van der Waals surface area contributed by atoms with Gasteiger partial charge in [-0.1, -0.05) is 107 Å². The molecule has 2 aromatic rings. The van der Waals surface area contributed by atoms with Gasteiger partial charge in [0, 0.05) is 11.8 Å². The van der Waals surface area contributed by atoms with E-state index in [1.165, 1.54) is 57.8 Å². The lowest BCUT2D eigenvalue weighted by Crippen LogP contribution is -2.03. The number of allylic oxidation sites excluding steroid dienone is 2. The number of hydrogen-bond donors (Lipinski definition) is 1. The summed E-state index contributed by atoms with van der Waals surface area (Å²) in [6.07, 6.45) is 20.8. The zero-order chi connectivity index (χ0) is 23.6. The summed E-state index contributed by atoms with van der Waals surface area (Å²) in [7, 11) is -2.27. The summed E-state index contributed by atoms with van der Waals surface area (Å²) in [5.74, 6) is 0.122. The SMILES string of the molecule is CCCCCCCCC=CCCCCCCCC(=O)OP(O)Oc1cccc2ccccc12. The van der Waals surface area contributed by atoms with Gasteiger partial charge < -0.3 is 13.9 Å². The van der Waals surface area contributed by atoms with Gasteiger partial charge in [0.15, 0.2) is 0 Å². The van der Waals surface area contributed by atoms with E-state index in [1.54, 1.807) is 6.07 Å². The van der Waals surface area contributed by atoms with E-state index in [4.69, 9.17) is 9.05 Å². The average Bonchev–Trinajstić information content (AvgIpc) is 2.81. The molecule has 0 fully saturated rings. The number of hydrogen-bond acceptors (Lipinski definition) is 4. The molecular weight excluding hydrogens is 431 g/mol. The second-order valence-electron chi connectivity index (χ2n) is 8.60. The smallest absolute Gasteiger partial charge is 0.417 e. The minimum absolute atomic E-state index is 0.316. The third-order valence-corrected chi connectivity index (χ3v) is 6.46. The van der Waals surface area contributed by atoms with Crippen LogP contribution in [-0.4, -0.2) is 10.9 Å². The number of carbonyl (C=O) groups is 1. The maximum atomic E-state index is 12.0. The van der Waals surface area contributed by atoms with Crippen molar-refractivity contribution in [3.05, 3.63) is 54.6 Å². The normalized spacial score (nSPS) is 12.3. The zero-order valence-corrected chi connectivity index (χ0v) is 21.1. The van der Waals surface area contributed by atoms with Crippen LogP contribution in [0.1, 0.15) is 96.8 Å². The van der Waals surface area contributed by atoms with Crippen LogP contribution in [0.15, 0.2) is 54.6 Å². The number of fused-ring (bicyclic) bond motifs is 1. The predicted molar refractivity (Wildman–Crippen MR) is 139 cm³/mol. The van der Waals surface area contributed by atoms with Crippen LogP contribution in [0, 0.1) is 0 Å². The van der Waals surface area contributed by atoms with Gasteiger partial charge in [-0.2, -0.15) is 0 Å². The minimum Gasteiger partial charge on any atom is -0.417 e. The standard InChI is InChI=1S/C28H41O4P/c1-2-3-4-5-6-7-8-9-10-11-12-13-14-15-16-24-28(29)32-33(30)31-27-23-19-21-25-20-17-18-22-26(25)27/h9-10,17-23,30H,2-8,11-16,24H2,1H3. The van der Waals surface area contributed by atoms with E-state index in [0.717, 1.165) is 36.5 Å². The van der Waals surface area contributed by atoms with Gasteiger partial charge in [-0.15, -0.1) is 0 Å². The first-order valence-electron chi connectivity index (χ1n) is 12.7. The summed E-state index contributed by atoms with van der Waals surface area (Å²) < 4.78 is 10.6. The molecule has 0 saturated carbocycles. The third kappa shape index (κ3) is 12.2. The van der Waals surface area contributed by atoms with Crippen molar-refractivity contribution in [1.82, 2.24) is 0 Å². The number of carbonyl (C=O) groups excluding carboxylic acids is 1. The van der Waals surface area contributed by atoms with Crippen molar-refractivity contribution in [1.29, 1.82) is 0 Å². The van der Waals surface area contributed by atoms with Crippen molar-refractivity contribution < 1.29 is 18.7 Å². The fourth-order valence-electron chi connectivity index (χ4n) is 3.85. The van der Waals surface area contributed by atoms with Gasteiger partial charge in [-0.25, -0.2) is 0 Å². The summed E-state index contributed by atoms with van der Waals surface area (Å²) in [4.78, 5) is 22.0. The van der Waals surface area contributed by atoms with Gasteiger partial charge in [-0.05, 0) is 43.6 Å². The van der Waals surface area contributed by atoms with Gasteiger partial charge in [0.25, 0.3) is 0 Å².